The molecule has 0 spiro atoms. The molecule has 0 saturated carbocycles. The first-order chi connectivity index (χ1) is 38.6. The zero-order valence-corrected chi connectivity index (χ0v) is 51.4. The number of fused-ring (bicyclic) bond motifs is 13. The van der Waals surface area contributed by atoms with Gasteiger partial charge in [0.05, 0.1) is 11.2 Å². The van der Waals surface area contributed by atoms with Gasteiger partial charge < -0.3 is 9.88 Å². The Morgan fingerprint density at radius 2 is 0.988 bits per heavy atom. The van der Waals surface area contributed by atoms with E-state index in [0.29, 0.717) is 0 Å². The predicted molar refractivity (Wildman–Crippen MR) is 360 cm³/mol. The molecule has 0 unspecified atom stereocenters. The third-order valence-corrected chi connectivity index (χ3v) is 21.0. The van der Waals surface area contributed by atoms with Crippen LogP contribution in [-0.2, 0) is 28.1 Å². The average Bonchev–Trinajstić information content (AvgIpc) is 4.39. The zero-order chi connectivity index (χ0) is 56.1. The topological polar surface area (TPSA) is 17.0 Å². The van der Waals surface area contributed by atoms with Gasteiger partial charge >= 0.3 is 0 Å². The van der Waals surface area contributed by atoms with E-state index in [-0.39, 0.29) is 27.6 Å². The molecule has 0 amide bonds. The van der Waals surface area contributed by atoms with Crippen LogP contribution < -0.4 is 15.6 Å². The molecule has 1 radical (unpaired) electrons. The van der Waals surface area contributed by atoms with Crippen LogP contribution in [0.4, 0.5) is 11.4 Å². The Balaban J connectivity index is 0.924. The highest BCUT2D eigenvalue weighted by Gasteiger charge is 2.31. The van der Waals surface area contributed by atoms with Gasteiger partial charge in [-0.2, -0.15) is 0 Å². The molecule has 0 aliphatic carbocycles. The highest BCUT2D eigenvalue weighted by atomic mass is 32.1. The van der Waals surface area contributed by atoms with Crippen molar-refractivity contribution in [1.82, 2.24) is 4.57 Å². The summed E-state index contributed by atoms with van der Waals surface area (Å²) in [6, 6.07) is 66.3. The Morgan fingerprint density at radius 3 is 1.65 bits per heavy atom. The van der Waals surface area contributed by atoms with Crippen LogP contribution >= 0.6 is 34.0 Å². The van der Waals surface area contributed by atoms with Gasteiger partial charge in [-0.15, -0.1) is 34.0 Å². The Morgan fingerprint density at radius 1 is 0.432 bits per heavy atom. The summed E-state index contributed by atoms with van der Waals surface area (Å²) in [5.41, 5.74) is 19.7. The molecular formula is C75H70BN2S3. The maximum absolute atomic E-state index is 4.03. The molecule has 1 N–H and O–H groups in total. The van der Waals surface area contributed by atoms with Crippen molar-refractivity contribution in [2.45, 2.75) is 124 Å². The molecule has 0 fully saturated rings. The SMILES string of the molecule is CC(C)(C)c1ccc(Nc2cc3sc4cc(CCC(c5ccc(C(C)(C)C)cc5)c5ccc(C(C)(C)C)cc5)ccc4c3cc2-c2ccc3c4cc5c(cc4n4c3c2[B]c2sc3ccc(C(C)(C)C)cc3c2-4)sc2ccccc25)cc1. The van der Waals surface area contributed by atoms with E-state index < -0.39 is 0 Å². The van der Waals surface area contributed by atoms with Crippen molar-refractivity contribution < 1.29 is 0 Å². The molecule has 2 nitrogen and oxygen atoms in total. The lowest BCUT2D eigenvalue weighted by Crippen LogP contribution is -2.35. The fraction of sp³-hybridized carbons (Fsp3) is 0.253. The van der Waals surface area contributed by atoms with Gasteiger partial charge in [-0.05, 0) is 150 Å². The molecule has 4 aromatic heterocycles. The van der Waals surface area contributed by atoms with Crippen molar-refractivity contribution in [1.29, 1.82) is 0 Å². The van der Waals surface area contributed by atoms with Crippen molar-refractivity contribution in [3.05, 3.63) is 209 Å². The Hall–Kier alpha value is -6.96. The number of aromatic nitrogens is 1. The van der Waals surface area contributed by atoms with Gasteiger partial charge in [0, 0.05) is 89.6 Å². The van der Waals surface area contributed by atoms with E-state index in [0.717, 1.165) is 24.2 Å². The smallest absolute Gasteiger partial charge is 0.211 e. The monoisotopic (exact) mass is 1110 g/mol. The predicted octanol–water partition coefficient (Wildman–Crippen LogP) is 21.1. The highest BCUT2D eigenvalue weighted by molar-refractivity contribution is 7.29. The summed E-state index contributed by atoms with van der Waals surface area (Å²) in [6.07, 6.45) is 2.01. The largest absolute Gasteiger partial charge is 0.355 e. The van der Waals surface area contributed by atoms with Crippen LogP contribution in [0.1, 0.15) is 134 Å². The van der Waals surface area contributed by atoms with Crippen LogP contribution in [0, 0.1) is 0 Å². The second-order valence-electron chi connectivity index (χ2n) is 27.3. The van der Waals surface area contributed by atoms with Gasteiger partial charge in [-0.3, -0.25) is 0 Å². The van der Waals surface area contributed by atoms with Crippen LogP contribution in [-0.4, -0.2) is 11.8 Å². The van der Waals surface area contributed by atoms with Crippen LogP contribution in [0.2, 0.25) is 0 Å². The van der Waals surface area contributed by atoms with Crippen LogP contribution in [0.25, 0.3) is 89.1 Å². The number of nitrogens with one attached hydrogen (secondary N) is 1. The lowest BCUT2D eigenvalue weighted by atomic mass is 9.63. The number of hydrogen-bond acceptors (Lipinski definition) is 4. The molecule has 5 heterocycles. The number of aryl methyl sites for hydroxylation is 1. The summed E-state index contributed by atoms with van der Waals surface area (Å²) in [7, 11) is 2.53. The van der Waals surface area contributed by atoms with Crippen LogP contribution in [0.15, 0.2) is 170 Å². The normalized spacial score (nSPS) is 13.2. The molecule has 1 aliphatic rings. The van der Waals surface area contributed by atoms with E-state index >= 15 is 0 Å². The highest BCUT2D eigenvalue weighted by Crippen LogP contribution is 2.47. The molecule has 1 aliphatic heterocycles. The molecule has 0 saturated heterocycles. The number of anilines is 2. The number of rotatable bonds is 8. The van der Waals surface area contributed by atoms with Crippen LogP contribution in [0.3, 0.4) is 0 Å². The van der Waals surface area contributed by atoms with E-state index in [9.17, 15) is 0 Å². The minimum Gasteiger partial charge on any atom is -0.355 e. The molecule has 401 valence electrons. The van der Waals surface area contributed by atoms with Crippen molar-refractivity contribution in [3.63, 3.8) is 0 Å². The van der Waals surface area contributed by atoms with Crippen molar-refractivity contribution >= 4 is 135 Å². The number of benzene rings is 9. The summed E-state index contributed by atoms with van der Waals surface area (Å²) in [5, 5.41) is 13.2. The summed E-state index contributed by atoms with van der Waals surface area (Å²) in [4.78, 5) is 0. The van der Waals surface area contributed by atoms with E-state index in [1.54, 1.807) is 0 Å². The van der Waals surface area contributed by atoms with Gasteiger partial charge in [0.1, 0.15) is 0 Å². The minimum absolute atomic E-state index is 0.0219. The fourth-order valence-electron chi connectivity index (χ4n) is 12.8. The second-order valence-corrected chi connectivity index (χ2v) is 30.5. The molecule has 9 aromatic carbocycles. The van der Waals surface area contributed by atoms with Gasteiger partial charge in [0.25, 0.3) is 0 Å². The first kappa shape index (κ1) is 52.1. The fourth-order valence-corrected chi connectivity index (χ4v) is 16.2. The third kappa shape index (κ3) is 9.03. The molecule has 0 bridgehead atoms. The Bertz CT molecular complexity index is 4590. The van der Waals surface area contributed by atoms with Crippen LogP contribution in [0.5, 0.6) is 0 Å². The number of thiophene rings is 3. The molecule has 0 atom stereocenters. The maximum atomic E-state index is 4.03. The van der Waals surface area contributed by atoms with E-state index in [4.69, 9.17) is 0 Å². The minimum atomic E-state index is 0.0219. The molecule has 14 rings (SSSR count). The standard InChI is InChI=1S/C75H70BN2S3/c1-72(2,3)46-23-19-44(20-24-46)51(45-21-25-47(26-22-45)73(4,5)6)32-17-43-18-33-53-58-39-56(61(41-66(58)80-65(53)37-43)77-50-30-27-48(28-31-50)74(7,8)9)54-34-35-55-57-40-59-52-15-13-14-16-63(52)79-67(59)42-62(57)78-69(55)68(54)76-71-70(78)60-38-49(75(10,11)12)29-36-64(60)81-71/h13-16,18-31,33-42,51,77H,17,32H2,1-12H3. The summed E-state index contributed by atoms with van der Waals surface area (Å²) >= 11 is 5.75. The summed E-state index contributed by atoms with van der Waals surface area (Å²) < 4.78 is 10.6. The molecule has 81 heavy (non-hydrogen) atoms. The van der Waals surface area contributed by atoms with Crippen molar-refractivity contribution in [2.24, 2.45) is 0 Å². The first-order valence-corrected chi connectivity index (χ1v) is 31.5. The molecule has 13 aromatic rings. The van der Waals surface area contributed by atoms with Gasteiger partial charge in [-0.1, -0.05) is 192 Å². The van der Waals surface area contributed by atoms with Crippen molar-refractivity contribution in [2.75, 3.05) is 5.32 Å². The van der Waals surface area contributed by atoms with Gasteiger partial charge in [0.15, 0.2) is 0 Å². The maximum Gasteiger partial charge on any atom is 0.211 e. The van der Waals surface area contributed by atoms with E-state index in [1.165, 1.54) is 138 Å². The van der Waals surface area contributed by atoms with Crippen molar-refractivity contribution in [3.8, 4) is 16.8 Å². The average molecular weight is 1110 g/mol. The van der Waals surface area contributed by atoms with Gasteiger partial charge in [-0.25, -0.2) is 0 Å². The van der Waals surface area contributed by atoms with E-state index in [2.05, 4.69) is 270 Å². The second kappa shape index (κ2) is 18.8. The molecular weight excluding hydrogens is 1040 g/mol. The van der Waals surface area contributed by atoms with Gasteiger partial charge in [0.2, 0.25) is 7.28 Å². The lowest BCUT2D eigenvalue weighted by Gasteiger charge is -2.24. The Labute approximate surface area is 490 Å². The number of nitrogens with zero attached hydrogens (tertiary/aromatic N) is 1. The first-order valence-electron chi connectivity index (χ1n) is 29.0. The lowest BCUT2D eigenvalue weighted by molar-refractivity contribution is 0.588. The zero-order valence-electron chi connectivity index (χ0n) is 48.9. The number of hydrogen-bond donors (Lipinski definition) is 1. The summed E-state index contributed by atoms with van der Waals surface area (Å²) in [5.74, 6) is 0.287. The third-order valence-electron chi connectivity index (χ3n) is 17.6. The van der Waals surface area contributed by atoms with E-state index in [1.807, 2.05) is 34.0 Å². The quantitative estimate of drug-likeness (QED) is 0.150. The molecule has 6 heteroatoms. The summed E-state index contributed by atoms with van der Waals surface area (Å²) in [6.45, 7) is 27.7. The Kier molecular flexibility index (Phi) is 12.1.